The van der Waals surface area contributed by atoms with Crippen molar-refractivity contribution >= 4 is 8.32 Å². The number of halogens is 9. The van der Waals surface area contributed by atoms with E-state index in [0.717, 1.165) is 6.55 Å². The van der Waals surface area contributed by atoms with E-state index in [-0.39, 0.29) is 19.1 Å². The monoisotopic (exact) mass is 362 g/mol. The zero-order chi connectivity index (χ0) is 17.3. The van der Waals surface area contributed by atoms with Gasteiger partial charge in [-0.2, -0.15) is 17.6 Å². The molecule has 0 saturated carbocycles. The van der Waals surface area contributed by atoms with Gasteiger partial charge in [0.1, 0.15) is 0 Å². The fourth-order valence-corrected chi connectivity index (χ4v) is 5.29. The largest absolute Gasteiger partial charge is 0.414 e. The minimum absolute atomic E-state index is 0.105. The predicted octanol–water partition coefficient (Wildman–Crippen LogP) is 4.46. The maximum Gasteiger partial charge on any atom is 0.346 e. The fraction of sp³-hybridized carbons (Fsp3) is 1.00. The quantitative estimate of drug-likeness (QED) is 0.501. The molecule has 1 rings (SSSR count). The van der Waals surface area contributed by atoms with Crippen LogP contribution in [-0.4, -0.2) is 51.3 Å². The van der Waals surface area contributed by atoms with E-state index in [9.17, 15) is 39.5 Å². The van der Waals surface area contributed by atoms with E-state index in [2.05, 4.69) is 0 Å². The number of alkyl halides is 9. The first-order chi connectivity index (χ1) is 9.88. The van der Waals surface area contributed by atoms with Crippen LogP contribution >= 0.6 is 0 Å². The van der Waals surface area contributed by atoms with Crippen molar-refractivity contribution in [2.75, 3.05) is 6.61 Å². The molecule has 4 unspecified atom stereocenters. The second-order valence-corrected chi connectivity index (χ2v) is 9.33. The first kappa shape index (κ1) is 19.6. The van der Waals surface area contributed by atoms with Crippen LogP contribution in [0.1, 0.15) is 12.8 Å². The van der Waals surface area contributed by atoms with Gasteiger partial charge >= 0.3 is 11.8 Å². The molecule has 0 amide bonds. The Morgan fingerprint density at radius 2 is 1.45 bits per heavy atom. The summed E-state index contributed by atoms with van der Waals surface area (Å²) in [5.41, 5.74) is 0. The van der Waals surface area contributed by atoms with E-state index in [1.807, 2.05) is 0 Å². The molecule has 1 aliphatic rings. The summed E-state index contributed by atoms with van der Waals surface area (Å²) in [5, 5.41) is 0. The molecular weight excluding hydrogens is 347 g/mol. The lowest BCUT2D eigenvalue weighted by Crippen LogP contribution is -2.65. The molecule has 0 aromatic carbocycles. The summed E-state index contributed by atoms with van der Waals surface area (Å²) in [6, 6.07) is -0.204. The van der Waals surface area contributed by atoms with Crippen LogP contribution in [0.25, 0.3) is 0 Å². The lowest BCUT2D eigenvalue weighted by Gasteiger charge is -2.40. The summed E-state index contributed by atoms with van der Waals surface area (Å²) >= 11 is 0. The van der Waals surface area contributed by atoms with Gasteiger partial charge in [0.15, 0.2) is 12.0 Å². The number of hydrogen-bond acceptors (Lipinski definition) is 1. The minimum Gasteiger partial charge on any atom is -0.414 e. The van der Waals surface area contributed by atoms with E-state index in [1.165, 1.54) is 0 Å². The van der Waals surface area contributed by atoms with E-state index in [4.69, 9.17) is 4.43 Å². The van der Waals surface area contributed by atoms with Gasteiger partial charge in [0, 0.05) is 6.61 Å². The number of hydrogen-bond donors (Lipinski definition) is 0. The zero-order valence-corrected chi connectivity index (χ0v) is 12.4. The molecule has 1 fully saturated rings. The topological polar surface area (TPSA) is 9.23 Å². The Labute approximate surface area is 121 Å². The molecule has 1 heterocycles. The molecule has 0 radical (unpaired) electrons. The van der Waals surface area contributed by atoms with Gasteiger partial charge in [-0.15, -0.1) is 0 Å². The van der Waals surface area contributed by atoms with Gasteiger partial charge in [0.25, 0.3) is 6.43 Å². The maximum absolute atomic E-state index is 14.0. The Kier molecular flexibility index (Phi) is 5.86. The summed E-state index contributed by atoms with van der Waals surface area (Å²) in [4.78, 5) is 0. The van der Waals surface area contributed by atoms with Crippen molar-refractivity contribution in [3.8, 4) is 0 Å². The third kappa shape index (κ3) is 3.39. The van der Waals surface area contributed by atoms with Gasteiger partial charge in [-0.3, -0.25) is 0 Å². The minimum atomic E-state index is -5.92. The lowest BCUT2D eigenvalue weighted by atomic mass is 10.0. The van der Waals surface area contributed by atoms with Crippen LogP contribution in [-0.2, 0) is 4.43 Å². The average Bonchev–Trinajstić information content (AvgIpc) is 2.45. The van der Waals surface area contributed by atoms with Crippen molar-refractivity contribution in [3.05, 3.63) is 0 Å². The SMILES string of the molecule is C[Si]1(C(F)C(F)(F)C(F)(F)C(F)C(F)C(F)F)CCCCO1. The van der Waals surface area contributed by atoms with Crippen molar-refractivity contribution in [1.82, 2.24) is 0 Å². The third-order valence-electron chi connectivity index (χ3n) is 3.66. The maximum atomic E-state index is 14.0. The highest BCUT2D eigenvalue weighted by atomic mass is 28.4. The highest BCUT2D eigenvalue weighted by Crippen LogP contribution is 2.47. The molecule has 0 aromatic heterocycles. The van der Waals surface area contributed by atoms with Crippen LogP contribution in [0.4, 0.5) is 39.5 Å². The molecule has 0 bridgehead atoms. The Morgan fingerprint density at radius 3 is 1.86 bits per heavy atom. The van der Waals surface area contributed by atoms with Crippen LogP contribution in [0.3, 0.4) is 0 Å². The average molecular weight is 362 g/mol. The van der Waals surface area contributed by atoms with Crippen LogP contribution in [0.15, 0.2) is 0 Å². The standard InChI is InChI=1S/C11H15F9OSi/c1-22(5-3-2-4-21-22)9(16)11(19,20)10(17,18)7(13)6(12)8(14)15/h6-9H,2-5H2,1H3. The summed E-state index contributed by atoms with van der Waals surface area (Å²) < 4.78 is 123. The molecule has 1 saturated heterocycles. The number of rotatable bonds is 6. The molecule has 132 valence electrons. The summed E-state index contributed by atoms with van der Waals surface area (Å²) in [6.07, 6.45) is -12.2. The highest BCUT2D eigenvalue weighted by molar-refractivity contribution is 6.74. The van der Waals surface area contributed by atoms with Gasteiger partial charge in [0.2, 0.25) is 14.5 Å². The van der Waals surface area contributed by atoms with Crippen molar-refractivity contribution in [3.63, 3.8) is 0 Å². The molecule has 0 spiro atoms. The van der Waals surface area contributed by atoms with E-state index >= 15 is 0 Å². The first-order valence-corrected chi connectivity index (χ1v) is 9.17. The van der Waals surface area contributed by atoms with Crippen molar-refractivity contribution in [1.29, 1.82) is 0 Å². The Bertz CT molecular complexity index is 373. The molecule has 22 heavy (non-hydrogen) atoms. The Morgan fingerprint density at radius 1 is 0.909 bits per heavy atom. The summed E-state index contributed by atoms with van der Waals surface area (Å²) in [7, 11) is -3.97. The van der Waals surface area contributed by atoms with Crippen molar-refractivity contribution < 1.29 is 43.9 Å². The van der Waals surface area contributed by atoms with E-state index in [1.54, 1.807) is 0 Å². The third-order valence-corrected chi connectivity index (χ3v) is 7.31. The highest BCUT2D eigenvalue weighted by Gasteiger charge is 2.72. The van der Waals surface area contributed by atoms with Gasteiger partial charge in [-0.25, -0.2) is 22.0 Å². The van der Waals surface area contributed by atoms with Gasteiger partial charge in [-0.1, -0.05) is 6.42 Å². The second-order valence-electron chi connectivity index (χ2n) is 5.41. The smallest absolute Gasteiger partial charge is 0.346 e. The molecule has 1 nitrogen and oxygen atoms in total. The predicted molar refractivity (Wildman–Crippen MR) is 62.2 cm³/mol. The molecule has 0 aromatic rings. The van der Waals surface area contributed by atoms with E-state index < -0.39 is 44.7 Å². The molecule has 4 atom stereocenters. The van der Waals surface area contributed by atoms with Crippen LogP contribution in [0.5, 0.6) is 0 Å². The Balaban J connectivity index is 3.03. The van der Waals surface area contributed by atoms with Gasteiger partial charge < -0.3 is 4.43 Å². The molecule has 1 aliphatic heterocycles. The lowest BCUT2D eigenvalue weighted by molar-refractivity contribution is -0.268. The summed E-state index contributed by atoms with van der Waals surface area (Å²) in [6.45, 7) is 0.834. The van der Waals surface area contributed by atoms with Crippen molar-refractivity contribution in [2.45, 2.75) is 61.8 Å². The fourth-order valence-electron chi connectivity index (χ4n) is 2.22. The Hall–Kier alpha value is -0.453. The van der Waals surface area contributed by atoms with Crippen LogP contribution < -0.4 is 0 Å². The molecular formula is C11H15F9OSi. The van der Waals surface area contributed by atoms with Crippen LogP contribution in [0, 0.1) is 0 Å². The first-order valence-electron chi connectivity index (χ1n) is 6.48. The van der Waals surface area contributed by atoms with Crippen molar-refractivity contribution in [2.24, 2.45) is 0 Å². The molecule has 0 aliphatic carbocycles. The molecule has 11 heteroatoms. The zero-order valence-electron chi connectivity index (χ0n) is 11.4. The van der Waals surface area contributed by atoms with Gasteiger partial charge in [-0.05, 0) is 19.0 Å². The second kappa shape index (κ2) is 6.58. The molecule has 0 N–H and O–H groups in total. The van der Waals surface area contributed by atoms with E-state index in [0.29, 0.717) is 6.42 Å². The van der Waals surface area contributed by atoms with Crippen LogP contribution in [0.2, 0.25) is 12.6 Å². The summed E-state index contributed by atoms with van der Waals surface area (Å²) in [5.74, 6) is -15.1. The normalized spacial score (nSPS) is 28.5. The van der Waals surface area contributed by atoms with Gasteiger partial charge in [0.05, 0.1) is 0 Å².